The number of carbonyl (C=O) groups is 1. The van der Waals surface area contributed by atoms with Crippen LogP contribution in [0.3, 0.4) is 0 Å². The Balaban J connectivity index is 1.86. The molecule has 0 saturated carbocycles. The third-order valence-electron chi connectivity index (χ3n) is 3.38. The van der Waals surface area contributed by atoms with Crippen LogP contribution in [0.1, 0.15) is 25.6 Å². The van der Waals surface area contributed by atoms with Gasteiger partial charge in [0.2, 0.25) is 5.91 Å². The molecule has 1 fully saturated rings. The van der Waals surface area contributed by atoms with Gasteiger partial charge in [-0.1, -0.05) is 0 Å². The Morgan fingerprint density at radius 2 is 2.33 bits per heavy atom. The van der Waals surface area contributed by atoms with Crippen molar-refractivity contribution in [1.82, 2.24) is 24.8 Å². The fourth-order valence-electron chi connectivity index (χ4n) is 2.50. The molecular weight excluding hydrogens is 230 g/mol. The van der Waals surface area contributed by atoms with Crippen molar-refractivity contribution in [3.05, 3.63) is 24.2 Å². The van der Waals surface area contributed by atoms with E-state index in [0.29, 0.717) is 6.54 Å². The minimum atomic E-state index is 0.103. The standard InChI is InChI=1S/C12H17N5O/c1-8-5-16(9(2)18)6-10(14-8)11-7-17-12(15-11)3-4-13-17/h3-4,7-8,10,13-14H,5-6H2,1-2H3. The highest BCUT2D eigenvalue weighted by Crippen LogP contribution is 2.19. The second-order valence-electron chi connectivity index (χ2n) is 4.90. The molecule has 2 atom stereocenters. The van der Waals surface area contributed by atoms with Gasteiger partial charge in [-0.05, 0) is 6.92 Å². The first-order chi connectivity index (χ1) is 8.63. The summed E-state index contributed by atoms with van der Waals surface area (Å²) in [5.41, 5.74) is 1.87. The molecule has 1 amide bonds. The Morgan fingerprint density at radius 3 is 3.06 bits per heavy atom. The lowest BCUT2D eigenvalue weighted by Crippen LogP contribution is -2.52. The maximum atomic E-state index is 11.5. The first-order valence-electron chi connectivity index (χ1n) is 6.17. The highest BCUT2D eigenvalue weighted by Gasteiger charge is 2.28. The van der Waals surface area contributed by atoms with Crippen molar-refractivity contribution in [2.45, 2.75) is 25.9 Å². The summed E-state index contributed by atoms with van der Waals surface area (Å²) in [5, 5.41) is 6.55. The van der Waals surface area contributed by atoms with E-state index in [4.69, 9.17) is 0 Å². The van der Waals surface area contributed by atoms with Crippen LogP contribution in [-0.2, 0) is 4.79 Å². The predicted molar refractivity (Wildman–Crippen MR) is 67.1 cm³/mol. The summed E-state index contributed by atoms with van der Waals surface area (Å²) in [4.78, 5) is 17.9. The van der Waals surface area contributed by atoms with Crippen LogP contribution in [0, 0.1) is 0 Å². The molecule has 18 heavy (non-hydrogen) atoms. The van der Waals surface area contributed by atoms with E-state index >= 15 is 0 Å². The summed E-state index contributed by atoms with van der Waals surface area (Å²) in [6.07, 6.45) is 3.83. The van der Waals surface area contributed by atoms with E-state index in [-0.39, 0.29) is 18.0 Å². The summed E-state index contributed by atoms with van der Waals surface area (Å²) in [6.45, 7) is 5.15. The molecule has 1 saturated heterocycles. The zero-order chi connectivity index (χ0) is 12.7. The molecule has 2 aromatic rings. The number of hydrogen-bond acceptors (Lipinski definition) is 3. The van der Waals surface area contributed by atoms with Crippen LogP contribution in [0.25, 0.3) is 5.65 Å². The van der Waals surface area contributed by atoms with Gasteiger partial charge >= 0.3 is 0 Å². The van der Waals surface area contributed by atoms with Crippen LogP contribution in [-0.4, -0.2) is 44.5 Å². The molecule has 0 radical (unpaired) electrons. The monoisotopic (exact) mass is 247 g/mol. The molecule has 6 nitrogen and oxygen atoms in total. The molecule has 2 unspecified atom stereocenters. The van der Waals surface area contributed by atoms with Gasteiger partial charge in [0.25, 0.3) is 0 Å². The molecule has 96 valence electrons. The van der Waals surface area contributed by atoms with Gasteiger partial charge in [0.15, 0.2) is 5.65 Å². The largest absolute Gasteiger partial charge is 0.339 e. The maximum absolute atomic E-state index is 11.5. The molecule has 3 heterocycles. The average molecular weight is 247 g/mol. The highest BCUT2D eigenvalue weighted by molar-refractivity contribution is 5.73. The average Bonchev–Trinajstić information content (AvgIpc) is 2.87. The third kappa shape index (κ3) is 1.88. The first-order valence-corrected chi connectivity index (χ1v) is 6.17. The van der Waals surface area contributed by atoms with Crippen molar-refractivity contribution in [1.29, 1.82) is 0 Å². The summed E-state index contributed by atoms with van der Waals surface area (Å²) in [5.74, 6) is 0.123. The molecule has 2 aromatic heterocycles. The van der Waals surface area contributed by atoms with E-state index in [9.17, 15) is 4.79 Å². The summed E-state index contributed by atoms with van der Waals surface area (Å²) >= 11 is 0. The van der Waals surface area contributed by atoms with Gasteiger partial charge in [-0.25, -0.2) is 9.50 Å². The molecule has 6 heteroatoms. The van der Waals surface area contributed by atoms with Crippen LogP contribution in [0.5, 0.6) is 0 Å². The predicted octanol–water partition coefficient (Wildman–Crippen LogP) is 0.544. The Kier molecular flexibility index (Phi) is 2.59. The number of nitrogens with zero attached hydrogens (tertiary/aromatic N) is 3. The van der Waals surface area contributed by atoms with Gasteiger partial charge in [-0.2, -0.15) is 0 Å². The molecule has 1 aliphatic heterocycles. The Bertz CT molecular complexity index is 543. The molecule has 1 aliphatic rings. The van der Waals surface area contributed by atoms with Gasteiger partial charge < -0.3 is 15.3 Å². The molecule has 0 spiro atoms. The minimum absolute atomic E-state index is 0.103. The summed E-state index contributed by atoms with van der Waals surface area (Å²) in [7, 11) is 0. The van der Waals surface area contributed by atoms with Crippen LogP contribution in [0.15, 0.2) is 18.5 Å². The molecule has 3 rings (SSSR count). The van der Waals surface area contributed by atoms with Crippen molar-refractivity contribution in [2.75, 3.05) is 13.1 Å². The fraction of sp³-hybridized carbons (Fsp3) is 0.500. The summed E-state index contributed by atoms with van der Waals surface area (Å²) < 4.78 is 1.88. The number of fused-ring (bicyclic) bond motifs is 1. The number of piperazine rings is 1. The molecule has 2 N–H and O–H groups in total. The van der Waals surface area contributed by atoms with Gasteiger partial charge in [0, 0.05) is 38.3 Å². The van der Waals surface area contributed by atoms with Crippen LogP contribution < -0.4 is 5.32 Å². The summed E-state index contributed by atoms with van der Waals surface area (Å²) in [6, 6.07) is 2.32. The maximum Gasteiger partial charge on any atom is 0.219 e. The van der Waals surface area contributed by atoms with E-state index in [2.05, 4.69) is 22.3 Å². The smallest absolute Gasteiger partial charge is 0.219 e. The number of aromatic nitrogens is 3. The SMILES string of the molecule is CC(=O)N1CC(C)NC(c2cn3[nH]ccc3n2)C1. The van der Waals surface area contributed by atoms with Gasteiger partial charge in [0.05, 0.1) is 17.9 Å². The van der Waals surface area contributed by atoms with E-state index in [1.165, 1.54) is 0 Å². The van der Waals surface area contributed by atoms with Gasteiger partial charge in [0.1, 0.15) is 0 Å². The molecular formula is C12H17N5O. The third-order valence-corrected chi connectivity index (χ3v) is 3.38. The minimum Gasteiger partial charge on any atom is -0.339 e. The van der Waals surface area contributed by atoms with Crippen LogP contribution in [0.2, 0.25) is 0 Å². The molecule has 0 bridgehead atoms. The van der Waals surface area contributed by atoms with E-state index in [0.717, 1.165) is 17.9 Å². The normalized spacial score (nSPS) is 24.7. The first kappa shape index (κ1) is 11.3. The Morgan fingerprint density at radius 1 is 1.50 bits per heavy atom. The number of hydrogen-bond donors (Lipinski definition) is 2. The van der Waals surface area contributed by atoms with Crippen molar-refractivity contribution >= 4 is 11.6 Å². The number of imidazole rings is 1. The second kappa shape index (κ2) is 4.13. The van der Waals surface area contributed by atoms with Crippen molar-refractivity contribution in [2.24, 2.45) is 0 Å². The number of rotatable bonds is 1. The lowest BCUT2D eigenvalue weighted by molar-refractivity contribution is -0.130. The van der Waals surface area contributed by atoms with Crippen LogP contribution in [0.4, 0.5) is 0 Å². The molecule has 0 aliphatic carbocycles. The number of aromatic amines is 1. The van der Waals surface area contributed by atoms with Crippen molar-refractivity contribution in [3.8, 4) is 0 Å². The van der Waals surface area contributed by atoms with E-state index in [1.54, 1.807) is 6.92 Å². The lowest BCUT2D eigenvalue weighted by atomic mass is 10.1. The fourth-order valence-corrected chi connectivity index (χ4v) is 2.50. The van der Waals surface area contributed by atoms with E-state index < -0.39 is 0 Å². The topological polar surface area (TPSA) is 65.4 Å². The van der Waals surface area contributed by atoms with E-state index in [1.807, 2.05) is 27.9 Å². The second-order valence-corrected chi connectivity index (χ2v) is 4.90. The Labute approximate surface area is 105 Å². The van der Waals surface area contributed by atoms with Gasteiger partial charge in [-0.15, -0.1) is 0 Å². The quantitative estimate of drug-likeness (QED) is 0.773. The Hall–Kier alpha value is -1.82. The van der Waals surface area contributed by atoms with Crippen molar-refractivity contribution in [3.63, 3.8) is 0 Å². The number of carbonyl (C=O) groups excluding carboxylic acids is 1. The molecule has 0 aromatic carbocycles. The number of amides is 1. The van der Waals surface area contributed by atoms with Gasteiger partial charge in [-0.3, -0.25) is 4.79 Å². The zero-order valence-corrected chi connectivity index (χ0v) is 10.6. The van der Waals surface area contributed by atoms with Crippen LogP contribution >= 0.6 is 0 Å². The number of nitrogens with one attached hydrogen (secondary N) is 2. The number of H-pyrrole nitrogens is 1. The zero-order valence-electron chi connectivity index (χ0n) is 10.6. The lowest BCUT2D eigenvalue weighted by Gasteiger charge is -2.36. The highest BCUT2D eigenvalue weighted by atomic mass is 16.2. The van der Waals surface area contributed by atoms with Crippen molar-refractivity contribution < 1.29 is 4.79 Å².